The fourth-order valence-electron chi connectivity index (χ4n) is 5.41. The van der Waals surface area contributed by atoms with Crippen LogP contribution in [-0.4, -0.2) is 38.9 Å². The molecule has 1 N–H and O–H groups in total. The molecule has 11 heteroatoms. The second kappa shape index (κ2) is 10.9. The number of nitrogens with one attached hydrogen (secondary N) is 1. The molecule has 0 bridgehead atoms. The molecule has 1 aliphatic carbocycles. The molecule has 2 heterocycles. The van der Waals surface area contributed by atoms with Gasteiger partial charge < -0.3 is 10.2 Å². The summed E-state index contributed by atoms with van der Waals surface area (Å²) < 4.78 is 45.4. The van der Waals surface area contributed by atoms with Crippen molar-refractivity contribution >= 4 is 28.4 Å². The molecule has 2 aliphatic rings. The summed E-state index contributed by atoms with van der Waals surface area (Å²) in [5.74, 6) is -2.88. The third kappa shape index (κ3) is 5.55. The average molecular weight is 557 g/mol. The smallest absolute Gasteiger partial charge is 0.324 e. The highest BCUT2D eigenvalue weighted by Gasteiger charge is 2.29. The van der Waals surface area contributed by atoms with Crippen molar-refractivity contribution in [3.8, 4) is 0 Å². The number of rotatable bonds is 7. The van der Waals surface area contributed by atoms with E-state index in [2.05, 4.69) is 5.32 Å². The van der Waals surface area contributed by atoms with Crippen LogP contribution >= 0.6 is 0 Å². The molecule has 3 aromatic rings. The van der Waals surface area contributed by atoms with Crippen LogP contribution in [0.25, 0.3) is 10.9 Å². The van der Waals surface area contributed by atoms with Crippen LogP contribution in [0.15, 0.2) is 39.9 Å². The van der Waals surface area contributed by atoms with Gasteiger partial charge in [0.25, 0.3) is 5.56 Å². The Hall–Kier alpha value is -3.89. The minimum atomic E-state index is -0.803. The first kappa shape index (κ1) is 27.7. The summed E-state index contributed by atoms with van der Waals surface area (Å²) in [6.07, 6.45) is 3.00. The summed E-state index contributed by atoms with van der Waals surface area (Å²) in [5, 5.41) is 2.67. The normalized spacial score (nSPS) is 17.4. The van der Waals surface area contributed by atoms with Crippen LogP contribution in [0.3, 0.4) is 0 Å². The van der Waals surface area contributed by atoms with Crippen molar-refractivity contribution in [3.05, 3.63) is 74.2 Å². The molecule has 1 unspecified atom stereocenters. The molecular formula is C29H31F3N4O4. The van der Waals surface area contributed by atoms with Gasteiger partial charge in [-0.05, 0) is 75.6 Å². The van der Waals surface area contributed by atoms with E-state index < -0.39 is 40.5 Å². The van der Waals surface area contributed by atoms with Gasteiger partial charge in [0.2, 0.25) is 0 Å². The lowest BCUT2D eigenvalue weighted by atomic mass is 9.91. The maximum atomic E-state index is 15.2. The van der Waals surface area contributed by atoms with E-state index in [1.54, 1.807) is 13.8 Å². The van der Waals surface area contributed by atoms with Crippen LogP contribution in [-0.2, 0) is 6.54 Å². The van der Waals surface area contributed by atoms with Crippen LogP contribution in [0.2, 0.25) is 0 Å². The lowest BCUT2D eigenvalue weighted by molar-refractivity contribution is 0.0926. The first-order valence-corrected chi connectivity index (χ1v) is 13.6. The van der Waals surface area contributed by atoms with Crippen LogP contribution in [0, 0.1) is 29.3 Å². The predicted molar refractivity (Wildman–Crippen MR) is 144 cm³/mol. The fourth-order valence-corrected chi connectivity index (χ4v) is 5.41. The molecule has 1 aromatic heterocycles. The number of carbonyl (C=O) groups excluding carboxylic acids is 2. The quantitative estimate of drug-likeness (QED) is 0.411. The zero-order valence-corrected chi connectivity index (χ0v) is 22.4. The van der Waals surface area contributed by atoms with Gasteiger partial charge in [-0.2, -0.15) is 0 Å². The van der Waals surface area contributed by atoms with Gasteiger partial charge in [-0.25, -0.2) is 22.8 Å². The highest BCUT2D eigenvalue weighted by molar-refractivity contribution is 5.96. The highest BCUT2D eigenvalue weighted by atomic mass is 19.1. The van der Waals surface area contributed by atoms with Gasteiger partial charge in [0.1, 0.15) is 17.5 Å². The standard InChI is InChI=1S/C29H31F3N4O4/c1-16(2)36-25-13-23(32)24(12-21(25)27(38)35(29(36)40)15-17-5-6-17)33-28(39)34-9-3-4-18(14-34)10-26(37)20-11-19(30)7-8-22(20)31/h7-8,11-13,16-18H,3-6,9-10,14-15H2,1-2H3,(H,33,39). The van der Waals surface area contributed by atoms with Gasteiger partial charge in [-0.15, -0.1) is 0 Å². The lowest BCUT2D eigenvalue weighted by Gasteiger charge is -2.32. The number of urea groups is 1. The average Bonchev–Trinajstić information content (AvgIpc) is 3.73. The van der Waals surface area contributed by atoms with Gasteiger partial charge in [0.05, 0.1) is 22.2 Å². The predicted octanol–water partition coefficient (Wildman–Crippen LogP) is 5.09. The minimum Gasteiger partial charge on any atom is -0.324 e. The van der Waals surface area contributed by atoms with E-state index in [1.165, 1.54) is 20.1 Å². The molecule has 2 amide bonds. The molecular weight excluding hydrogens is 525 g/mol. The Balaban J connectivity index is 1.36. The number of carbonyl (C=O) groups is 2. The number of nitrogens with zero attached hydrogens (tertiary/aromatic N) is 3. The third-order valence-corrected chi connectivity index (χ3v) is 7.66. The number of likely N-dealkylation sites (tertiary alicyclic amines) is 1. The number of hydrogen-bond acceptors (Lipinski definition) is 4. The number of Topliss-reactive ketones (excluding diaryl/α,β-unsaturated/α-hetero) is 1. The Morgan fingerprint density at radius 2 is 1.75 bits per heavy atom. The van der Waals surface area contributed by atoms with E-state index in [0.29, 0.717) is 25.9 Å². The molecule has 1 aliphatic heterocycles. The van der Waals surface area contributed by atoms with Gasteiger partial charge in [-0.1, -0.05) is 0 Å². The molecule has 40 heavy (non-hydrogen) atoms. The number of hydrogen-bond donors (Lipinski definition) is 1. The summed E-state index contributed by atoms with van der Waals surface area (Å²) in [5.41, 5.74) is -1.37. The number of anilines is 1. The van der Waals surface area contributed by atoms with Crippen molar-refractivity contribution in [2.45, 2.75) is 58.5 Å². The van der Waals surface area contributed by atoms with Gasteiger partial charge >= 0.3 is 11.7 Å². The van der Waals surface area contributed by atoms with Crippen molar-refractivity contribution in [1.82, 2.24) is 14.0 Å². The van der Waals surface area contributed by atoms with Crippen molar-refractivity contribution in [1.29, 1.82) is 0 Å². The number of amides is 2. The first-order chi connectivity index (χ1) is 19.0. The molecule has 0 spiro atoms. The number of piperidine rings is 1. The zero-order chi connectivity index (χ0) is 28.7. The summed E-state index contributed by atoms with van der Waals surface area (Å²) in [7, 11) is 0. The molecule has 1 atom stereocenters. The Kier molecular flexibility index (Phi) is 7.57. The SMILES string of the molecule is CC(C)n1c(=O)n(CC2CC2)c(=O)c2cc(NC(=O)N3CCCC(CC(=O)c4cc(F)ccc4F)C3)c(F)cc21. The molecule has 212 valence electrons. The van der Waals surface area contributed by atoms with E-state index in [9.17, 15) is 28.0 Å². The van der Waals surface area contributed by atoms with Crippen molar-refractivity contribution in [2.24, 2.45) is 11.8 Å². The summed E-state index contributed by atoms with van der Waals surface area (Å²) in [6, 6.07) is 4.14. The maximum Gasteiger partial charge on any atom is 0.331 e. The zero-order valence-electron chi connectivity index (χ0n) is 22.4. The Labute approximate surface area is 228 Å². The van der Waals surface area contributed by atoms with Crippen molar-refractivity contribution in [2.75, 3.05) is 18.4 Å². The van der Waals surface area contributed by atoms with Gasteiger partial charge in [0, 0.05) is 38.2 Å². The van der Waals surface area contributed by atoms with Gasteiger partial charge in [-0.3, -0.25) is 18.7 Å². The summed E-state index contributed by atoms with van der Waals surface area (Å²) in [4.78, 5) is 53.5. The van der Waals surface area contributed by atoms with E-state index in [1.807, 2.05) is 0 Å². The number of aromatic nitrogens is 2. The first-order valence-electron chi connectivity index (χ1n) is 13.6. The van der Waals surface area contributed by atoms with Gasteiger partial charge in [0.15, 0.2) is 5.78 Å². The second-order valence-electron chi connectivity index (χ2n) is 11.1. The molecule has 1 saturated carbocycles. The Morgan fingerprint density at radius 1 is 1.00 bits per heavy atom. The topological polar surface area (TPSA) is 93.4 Å². The molecule has 2 fully saturated rings. The lowest BCUT2D eigenvalue weighted by Crippen LogP contribution is -2.43. The fraction of sp³-hybridized carbons (Fsp3) is 0.448. The summed E-state index contributed by atoms with van der Waals surface area (Å²) >= 11 is 0. The van der Waals surface area contributed by atoms with E-state index in [4.69, 9.17) is 0 Å². The molecule has 1 saturated heterocycles. The summed E-state index contributed by atoms with van der Waals surface area (Å²) in [6.45, 7) is 4.39. The largest absolute Gasteiger partial charge is 0.331 e. The maximum absolute atomic E-state index is 15.2. The number of ketones is 1. The van der Waals surface area contributed by atoms with Crippen LogP contribution in [0.5, 0.6) is 0 Å². The Bertz CT molecular complexity index is 1610. The van der Waals surface area contributed by atoms with Crippen LogP contribution < -0.4 is 16.6 Å². The van der Waals surface area contributed by atoms with Crippen molar-refractivity contribution in [3.63, 3.8) is 0 Å². The molecule has 0 radical (unpaired) electrons. The Morgan fingerprint density at radius 3 is 2.45 bits per heavy atom. The molecule has 2 aromatic carbocycles. The minimum absolute atomic E-state index is 0.0677. The van der Waals surface area contributed by atoms with Crippen LogP contribution in [0.4, 0.5) is 23.7 Å². The highest BCUT2D eigenvalue weighted by Crippen LogP contribution is 2.30. The third-order valence-electron chi connectivity index (χ3n) is 7.66. The van der Waals surface area contributed by atoms with Crippen molar-refractivity contribution < 1.29 is 22.8 Å². The number of benzene rings is 2. The van der Waals surface area contributed by atoms with Crippen LogP contribution in [0.1, 0.15) is 62.4 Å². The molecule has 5 rings (SSSR count). The molecule has 8 nitrogen and oxygen atoms in total. The van der Waals surface area contributed by atoms with E-state index in [-0.39, 0.29) is 53.0 Å². The second-order valence-corrected chi connectivity index (χ2v) is 11.1. The number of fused-ring (bicyclic) bond motifs is 1. The number of halogens is 3. The van der Waals surface area contributed by atoms with E-state index in [0.717, 1.165) is 37.1 Å². The van der Waals surface area contributed by atoms with E-state index >= 15 is 4.39 Å². The monoisotopic (exact) mass is 556 g/mol.